The quantitative estimate of drug-likeness (QED) is 0.741. The van der Waals surface area contributed by atoms with Crippen molar-refractivity contribution in [1.82, 2.24) is 0 Å². The summed E-state index contributed by atoms with van der Waals surface area (Å²) < 4.78 is 0. The lowest BCUT2D eigenvalue weighted by Gasteiger charge is -2.26. The molecule has 1 aromatic carbocycles. The molecule has 2 atom stereocenters. The van der Waals surface area contributed by atoms with E-state index in [4.69, 9.17) is 4.99 Å². The molecular formula is C15H21NS. The van der Waals surface area contributed by atoms with E-state index in [1.807, 2.05) is 11.8 Å². The van der Waals surface area contributed by atoms with Crippen molar-refractivity contribution in [3.63, 3.8) is 0 Å². The molecule has 0 N–H and O–H groups in total. The second kappa shape index (κ2) is 6.25. The molecule has 1 aliphatic heterocycles. The van der Waals surface area contributed by atoms with Gasteiger partial charge in [-0.1, -0.05) is 50.1 Å². The molecule has 2 rings (SSSR count). The van der Waals surface area contributed by atoms with Gasteiger partial charge in [0.15, 0.2) is 0 Å². The summed E-state index contributed by atoms with van der Waals surface area (Å²) in [4.78, 5) is 4.79. The molecule has 92 valence electrons. The fraction of sp³-hybridized carbons (Fsp3) is 0.533. The van der Waals surface area contributed by atoms with Crippen molar-refractivity contribution in [2.24, 2.45) is 4.99 Å². The molecule has 1 nitrogen and oxygen atoms in total. The zero-order valence-corrected chi connectivity index (χ0v) is 11.5. The van der Waals surface area contributed by atoms with Gasteiger partial charge in [-0.05, 0) is 25.3 Å². The lowest BCUT2D eigenvalue weighted by atomic mass is 10.00. The Bertz CT molecular complexity index is 372. The van der Waals surface area contributed by atoms with E-state index in [9.17, 15) is 0 Å². The van der Waals surface area contributed by atoms with E-state index in [0.717, 1.165) is 5.25 Å². The Kier molecular flexibility index (Phi) is 4.66. The molecule has 0 fully saturated rings. The minimum atomic E-state index is 0.388. The zero-order valence-electron chi connectivity index (χ0n) is 10.7. The number of aliphatic imine (C=N–C) groups is 1. The van der Waals surface area contributed by atoms with Gasteiger partial charge in [0.2, 0.25) is 0 Å². The smallest absolute Gasteiger partial charge is 0.0769 e. The van der Waals surface area contributed by atoms with Crippen LogP contribution in [0.4, 0.5) is 0 Å². The van der Waals surface area contributed by atoms with Crippen molar-refractivity contribution in [1.29, 1.82) is 0 Å². The summed E-state index contributed by atoms with van der Waals surface area (Å²) in [6, 6.07) is 11.1. The van der Waals surface area contributed by atoms with Crippen LogP contribution in [0.2, 0.25) is 0 Å². The third kappa shape index (κ3) is 3.60. The van der Waals surface area contributed by atoms with Crippen molar-refractivity contribution in [2.45, 2.75) is 50.8 Å². The second-order valence-corrected chi connectivity index (χ2v) is 6.19. The first kappa shape index (κ1) is 12.7. The lowest BCUT2D eigenvalue weighted by Crippen LogP contribution is -2.16. The molecule has 0 amide bonds. The molecule has 0 saturated heterocycles. The standard InChI is InChI=1S/C15H21NS/c1-3-4-10-14-11-15(16-12(2)17-14)13-8-6-5-7-9-13/h5-9,14-15H,3-4,10-11H2,1-2H3. The van der Waals surface area contributed by atoms with Crippen molar-refractivity contribution in [3.05, 3.63) is 35.9 Å². The minimum Gasteiger partial charge on any atom is -0.275 e. The van der Waals surface area contributed by atoms with Gasteiger partial charge < -0.3 is 0 Å². The summed E-state index contributed by atoms with van der Waals surface area (Å²) in [6.45, 7) is 4.42. The second-order valence-electron chi connectivity index (χ2n) is 4.69. The fourth-order valence-electron chi connectivity index (χ4n) is 2.34. The molecular weight excluding hydrogens is 226 g/mol. The minimum absolute atomic E-state index is 0.388. The lowest BCUT2D eigenvalue weighted by molar-refractivity contribution is 0.577. The fourth-order valence-corrected chi connectivity index (χ4v) is 3.57. The topological polar surface area (TPSA) is 12.4 Å². The van der Waals surface area contributed by atoms with Gasteiger partial charge in [0.25, 0.3) is 0 Å². The first-order chi connectivity index (χ1) is 8.29. The van der Waals surface area contributed by atoms with Crippen molar-refractivity contribution < 1.29 is 0 Å². The van der Waals surface area contributed by atoms with Gasteiger partial charge in [-0.25, -0.2) is 0 Å². The van der Waals surface area contributed by atoms with Crippen LogP contribution in [0.25, 0.3) is 0 Å². The first-order valence-electron chi connectivity index (χ1n) is 6.55. The Balaban J connectivity index is 2.06. The molecule has 1 aromatic rings. The molecule has 17 heavy (non-hydrogen) atoms. The molecule has 0 aromatic heterocycles. The highest BCUT2D eigenvalue weighted by molar-refractivity contribution is 8.14. The molecule has 0 saturated carbocycles. The highest BCUT2D eigenvalue weighted by atomic mass is 32.2. The summed E-state index contributed by atoms with van der Waals surface area (Å²) in [5, 5.41) is 2.02. The van der Waals surface area contributed by atoms with E-state index in [-0.39, 0.29) is 0 Å². The maximum Gasteiger partial charge on any atom is 0.0769 e. The number of unbranched alkanes of at least 4 members (excludes halogenated alkanes) is 1. The number of rotatable bonds is 4. The molecule has 2 unspecified atom stereocenters. The van der Waals surface area contributed by atoms with Crippen LogP contribution in [0.5, 0.6) is 0 Å². The molecule has 0 radical (unpaired) electrons. The van der Waals surface area contributed by atoms with Crippen molar-refractivity contribution in [2.75, 3.05) is 0 Å². The normalized spacial score (nSPS) is 24.5. The molecule has 1 heterocycles. The van der Waals surface area contributed by atoms with Crippen LogP contribution in [-0.4, -0.2) is 10.3 Å². The van der Waals surface area contributed by atoms with Crippen molar-refractivity contribution in [3.8, 4) is 0 Å². The third-order valence-electron chi connectivity index (χ3n) is 3.23. The molecule has 1 aliphatic rings. The SMILES string of the molecule is CCCCC1CC(c2ccccc2)N=C(C)S1. The maximum atomic E-state index is 4.79. The highest BCUT2D eigenvalue weighted by Crippen LogP contribution is 2.36. The van der Waals surface area contributed by atoms with E-state index in [1.54, 1.807) is 0 Å². The summed E-state index contributed by atoms with van der Waals surface area (Å²) in [6.07, 6.45) is 5.17. The molecule has 0 bridgehead atoms. The summed E-state index contributed by atoms with van der Waals surface area (Å²) >= 11 is 1.97. The monoisotopic (exact) mass is 247 g/mol. The van der Waals surface area contributed by atoms with E-state index in [1.165, 1.54) is 36.3 Å². The van der Waals surface area contributed by atoms with Crippen LogP contribution >= 0.6 is 11.8 Å². The van der Waals surface area contributed by atoms with Crippen molar-refractivity contribution >= 4 is 16.8 Å². The third-order valence-corrected chi connectivity index (χ3v) is 4.43. The van der Waals surface area contributed by atoms with E-state index in [2.05, 4.69) is 44.2 Å². The van der Waals surface area contributed by atoms with Gasteiger partial charge in [-0.3, -0.25) is 4.99 Å². The van der Waals surface area contributed by atoms with Crippen LogP contribution in [-0.2, 0) is 0 Å². The largest absolute Gasteiger partial charge is 0.275 e. The summed E-state index contributed by atoms with van der Waals surface area (Å²) in [5.74, 6) is 0. The Labute approximate surface area is 109 Å². The van der Waals surface area contributed by atoms with Crippen LogP contribution in [0.3, 0.4) is 0 Å². The number of nitrogens with zero attached hydrogens (tertiary/aromatic N) is 1. The van der Waals surface area contributed by atoms with Crippen LogP contribution in [0.1, 0.15) is 51.1 Å². The van der Waals surface area contributed by atoms with Gasteiger partial charge in [0.05, 0.1) is 11.1 Å². The number of hydrogen-bond donors (Lipinski definition) is 0. The van der Waals surface area contributed by atoms with E-state index >= 15 is 0 Å². The predicted octanol–water partition coefficient (Wildman–Crippen LogP) is 4.84. The maximum absolute atomic E-state index is 4.79. The zero-order chi connectivity index (χ0) is 12.1. The summed E-state index contributed by atoms with van der Waals surface area (Å²) in [5.41, 5.74) is 1.37. The Morgan fingerprint density at radius 2 is 2.06 bits per heavy atom. The van der Waals surface area contributed by atoms with E-state index in [0.29, 0.717) is 6.04 Å². The molecule has 0 spiro atoms. The predicted molar refractivity (Wildman–Crippen MR) is 77.8 cm³/mol. The van der Waals surface area contributed by atoms with Gasteiger partial charge in [0, 0.05) is 5.25 Å². The van der Waals surface area contributed by atoms with Gasteiger partial charge in [0.1, 0.15) is 0 Å². The number of thioether (sulfide) groups is 1. The van der Waals surface area contributed by atoms with Crippen LogP contribution in [0, 0.1) is 0 Å². The Morgan fingerprint density at radius 3 is 2.76 bits per heavy atom. The van der Waals surface area contributed by atoms with E-state index < -0.39 is 0 Å². The number of hydrogen-bond acceptors (Lipinski definition) is 2. The van der Waals surface area contributed by atoms with Gasteiger partial charge in [-0.2, -0.15) is 0 Å². The highest BCUT2D eigenvalue weighted by Gasteiger charge is 2.23. The first-order valence-corrected chi connectivity index (χ1v) is 7.43. The Hall–Kier alpha value is -0.760. The average molecular weight is 247 g/mol. The Morgan fingerprint density at radius 1 is 1.29 bits per heavy atom. The van der Waals surface area contributed by atoms with Crippen LogP contribution < -0.4 is 0 Å². The molecule has 0 aliphatic carbocycles. The summed E-state index contributed by atoms with van der Waals surface area (Å²) in [7, 11) is 0. The van der Waals surface area contributed by atoms with Crippen LogP contribution in [0.15, 0.2) is 35.3 Å². The van der Waals surface area contributed by atoms with Gasteiger partial charge in [-0.15, -0.1) is 11.8 Å². The average Bonchev–Trinajstić information content (AvgIpc) is 2.37. The number of benzene rings is 1. The van der Waals surface area contributed by atoms with Gasteiger partial charge >= 0.3 is 0 Å². The molecule has 2 heteroatoms.